The van der Waals surface area contributed by atoms with Gasteiger partial charge in [-0.25, -0.2) is 0 Å². The molecule has 1 aliphatic heterocycles. The maximum absolute atomic E-state index is 13.5. The Bertz CT molecular complexity index is 1570. The molecule has 5 rings (SSSR count). The fourth-order valence-corrected chi connectivity index (χ4v) is 11.1. The predicted molar refractivity (Wildman–Crippen MR) is 180 cm³/mol. The monoisotopic (exact) mass is 686 g/mol. The van der Waals surface area contributed by atoms with Gasteiger partial charge in [0.05, 0.1) is 6.42 Å². The molecule has 0 bridgehead atoms. The Kier molecular flexibility index (Phi) is 11.4. The Morgan fingerprint density at radius 2 is 1.40 bits per heavy atom. The van der Waals surface area contributed by atoms with Crippen LogP contribution in [-0.4, -0.2) is 35.6 Å². The molecule has 1 fully saturated rings. The second-order valence-electron chi connectivity index (χ2n) is 12.1. The Hall–Kier alpha value is -3.80. The summed E-state index contributed by atoms with van der Waals surface area (Å²) < 4.78 is 5.30. The van der Waals surface area contributed by atoms with Gasteiger partial charge in [0.25, 0.3) is 5.91 Å². The molecular formula is C37H40BrN2O4P. The number of benzene rings is 4. The molecule has 1 unspecified atom stereocenters. The maximum atomic E-state index is 13.5. The van der Waals surface area contributed by atoms with E-state index in [1.54, 1.807) is 20.8 Å². The number of halogens is 1. The zero-order valence-electron chi connectivity index (χ0n) is 26.0. The van der Waals surface area contributed by atoms with Crippen molar-refractivity contribution in [3.8, 4) is 0 Å². The molecule has 234 valence electrons. The van der Waals surface area contributed by atoms with Crippen molar-refractivity contribution < 1.29 is 36.1 Å². The Balaban J connectivity index is 0.00000461. The molecule has 4 aromatic rings. The Labute approximate surface area is 277 Å². The lowest BCUT2D eigenvalue weighted by molar-refractivity contribution is -0.155. The number of amides is 2. The number of nitrogens with one attached hydrogen (secondary N) is 2. The number of hydrogen-bond acceptors (Lipinski definition) is 4. The van der Waals surface area contributed by atoms with Gasteiger partial charge in [0.1, 0.15) is 28.8 Å². The average Bonchev–Trinajstić information content (AvgIpc) is 3.44. The first-order valence-electron chi connectivity index (χ1n) is 15.1. The van der Waals surface area contributed by atoms with Crippen molar-refractivity contribution in [2.75, 3.05) is 11.9 Å². The molecule has 1 heterocycles. The van der Waals surface area contributed by atoms with Crippen molar-refractivity contribution >= 4 is 46.6 Å². The van der Waals surface area contributed by atoms with Gasteiger partial charge in [-0.2, -0.15) is 0 Å². The Morgan fingerprint density at radius 1 is 0.822 bits per heavy atom. The lowest BCUT2D eigenvalue weighted by atomic mass is 10.0. The Morgan fingerprint density at radius 3 is 1.96 bits per heavy atom. The van der Waals surface area contributed by atoms with E-state index in [0.29, 0.717) is 18.7 Å². The third-order valence-corrected chi connectivity index (χ3v) is 12.6. The molecule has 1 atom stereocenters. The zero-order valence-corrected chi connectivity index (χ0v) is 28.4. The van der Waals surface area contributed by atoms with Gasteiger partial charge in [0, 0.05) is 31.5 Å². The van der Waals surface area contributed by atoms with E-state index in [1.807, 2.05) is 36.4 Å². The first kappa shape index (κ1) is 34.1. The molecule has 2 amide bonds. The van der Waals surface area contributed by atoms with Crippen molar-refractivity contribution in [2.45, 2.75) is 57.7 Å². The molecule has 0 saturated carbocycles. The highest BCUT2D eigenvalue weighted by Crippen LogP contribution is 2.62. The minimum atomic E-state index is -2.40. The molecule has 1 aliphatic rings. The topological polar surface area (TPSA) is 84.5 Å². The molecule has 6 nitrogen and oxygen atoms in total. The van der Waals surface area contributed by atoms with Gasteiger partial charge in [-0.1, -0.05) is 66.7 Å². The molecule has 45 heavy (non-hydrogen) atoms. The van der Waals surface area contributed by atoms with Crippen LogP contribution in [0.15, 0.2) is 109 Å². The van der Waals surface area contributed by atoms with Crippen molar-refractivity contribution in [2.24, 2.45) is 0 Å². The van der Waals surface area contributed by atoms with Crippen LogP contribution in [0.25, 0.3) is 0 Å². The van der Waals surface area contributed by atoms with E-state index in [-0.39, 0.29) is 53.3 Å². The number of carbonyl (C=O) groups is 3. The minimum Gasteiger partial charge on any atom is -1.00 e. The van der Waals surface area contributed by atoms with Crippen molar-refractivity contribution in [3.63, 3.8) is 0 Å². The van der Waals surface area contributed by atoms with E-state index in [1.165, 1.54) is 21.5 Å². The van der Waals surface area contributed by atoms with Gasteiger partial charge in [-0.15, -0.1) is 0 Å². The van der Waals surface area contributed by atoms with Gasteiger partial charge in [-0.05, 0) is 74.4 Å². The van der Waals surface area contributed by atoms with Gasteiger partial charge in [0.2, 0.25) is 5.91 Å². The van der Waals surface area contributed by atoms with Crippen LogP contribution in [0.3, 0.4) is 0 Å². The first-order valence-corrected chi connectivity index (χ1v) is 17.0. The summed E-state index contributed by atoms with van der Waals surface area (Å²) in [6, 6.07) is 37.5. The van der Waals surface area contributed by atoms with E-state index in [4.69, 9.17) is 4.74 Å². The zero-order chi connectivity index (χ0) is 31.2. The van der Waals surface area contributed by atoms with Crippen molar-refractivity contribution in [1.29, 1.82) is 0 Å². The maximum Gasteiger partial charge on any atom is 0.306 e. The molecule has 1 saturated heterocycles. The quantitative estimate of drug-likeness (QED) is 0.199. The van der Waals surface area contributed by atoms with Gasteiger partial charge in [0.15, 0.2) is 5.66 Å². The standard InChI is InChI=1S/C37H39N2O4P.BrH/c1-37(2,3)43-35(41)23-22-34(40)39-29-20-18-27(19-21-29)26-28-12-10-11-17-32(28)44(30-13-6-4-7-14-30,31-15-8-5-9-16-31)33-24-25-38-36(33)42;/h4-21,33H,22-26H2,1-3H3,(H-,38,39,40,42);1H. The normalized spacial score (nSPS) is 14.6. The summed E-state index contributed by atoms with van der Waals surface area (Å²) in [5.41, 5.74) is 2.22. The van der Waals surface area contributed by atoms with Gasteiger partial charge in [-0.3, -0.25) is 14.4 Å². The summed E-state index contributed by atoms with van der Waals surface area (Å²) in [5.74, 6) is -0.502. The molecule has 0 spiro atoms. The van der Waals surface area contributed by atoms with Crippen LogP contribution in [0.2, 0.25) is 0 Å². The third-order valence-electron chi connectivity index (χ3n) is 7.79. The van der Waals surface area contributed by atoms with Crippen LogP contribution in [0.5, 0.6) is 0 Å². The average molecular weight is 688 g/mol. The summed E-state index contributed by atoms with van der Waals surface area (Å²) in [6.07, 6.45) is 1.56. The van der Waals surface area contributed by atoms with Crippen LogP contribution < -0.4 is 43.5 Å². The highest BCUT2D eigenvalue weighted by molar-refractivity contribution is 7.97. The molecule has 0 radical (unpaired) electrons. The minimum absolute atomic E-state index is 0. The number of ether oxygens (including phenoxy) is 1. The van der Waals surface area contributed by atoms with Crippen LogP contribution in [0.4, 0.5) is 5.69 Å². The summed E-state index contributed by atoms with van der Waals surface area (Å²) in [6.45, 7) is 6.10. The molecule has 0 aromatic heterocycles. The summed E-state index contributed by atoms with van der Waals surface area (Å²) >= 11 is 0. The number of anilines is 1. The van der Waals surface area contributed by atoms with Crippen LogP contribution in [-0.2, 0) is 25.5 Å². The fourth-order valence-electron chi connectivity index (χ4n) is 5.99. The number of rotatable bonds is 10. The van der Waals surface area contributed by atoms with E-state index in [2.05, 4.69) is 83.4 Å². The number of esters is 1. The fraction of sp³-hybridized carbons (Fsp3) is 0.270. The van der Waals surface area contributed by atoms with Gasteiger partial charge < -0.3 is 32.4 Å². The summed E-state index contributed by atoms with van der Waals surface area (Å²) in [5, 5.41) is 9.63. The number of hydrogen-bond donors (Lipinski definition) is 2. The lowest BCUT2D eigenvalue weighted by Crippen LogP contribution is -3.00. The van der Waals surface area contributed by atoms with Crippen LogP contribution in [0.1, 0.15) is 51.2 Å². The largest absolute Gasteiger partial charge is 1.00 e. The predicted octanol–water partition coefficient (Wildman–Crippen LogP) is 2.52. The van der Waals surface area contributed by atoms with E-state index >= 15 is 0 Å². The van der Waals surface area contributed by atoms with Crippen molar-refractivity contribution in [3.05, 3.63) is 120 Å². The smallest absolute Gasteiger partial charge is 0.306 e. The number of carbonyl (C=O) groups excluding carboxylic acids is 3. The van der Waals surface area contributed by atoms with E-state index in [9.17, 15) is 14.4 Å². The van der Waals surface area contributed by atoms with E-state index in [0.717, 1.165) is 12.0 Å². The first-order chi connectivity index (χ1) is 21.2. The lowest BCUT2D eigenvalue weighted by Gasteiger charge is -2.32. The van der Waals surface area contributed by atoms with Gasteiger partial charge >= 0.3 is 5.97 Å². The second kappa shape index (κ2) is 15.0. The molecule has 0 aliphatic carbocycles. The molecule has 2 N–H and O–H groups in total. The second-order valence-corrected chi connectivity index (χ2v) is 15.7. The summed E-state index contributed by atoms with van der Waals surface area (Å²) in [4.78, 5) is 38.0. The van der Waals surface area contributed by atoms with Crippen LogP contribution in [0, 0.1) is 0 Å². The van der Waals surface area contributed by atoms with Crippen LogP contribution >= 0.6 is 7.26 Å². The molecular weight excluding hydrogens is 647 g/mol. The highest BCUT2D eigenvalue weighted by Gasteiger charge is 2.57. The summed E-state index contributed by atoms with van der Waals surface area (Å²) in [7, 11) is -2.40. The SMILES string of the molecule is CC(C)(C)OC(=O)CCC(=O)Nc1ccc(Cc2ccccc2[P+](c2ccccc2)(c2ccccc2)C2CCNC2=O)cc1.[Br-]. The molecule has 4 aromatic carbocycles. The third kappa shape index (κ3) is 8.08. The van der Waals surface area contributed by atoms with Crippen molar-refractivity contribution in [1.82, 2.24) is 5.32 Å². The highest BCUT2D eigenvalue weighted by atomic mass is 79.9. The van der Waals surface area contributed by atoms with E-state index < -0.39 is 12.9 Å². The molecule has 8 heteroatoms.